The number of fused-ring (bicyclic) bond motifs is 1. The van der Waals surface area contributed by atoms with E-state index in [2.05, 4.69) is 9.97 Å². The fourth-order valence-corrected chi connectivity index (χ4v) is 4.37. The van der Waals surface area contributed by atoms with E-state index < -0.39 is 0 Å². The number of nitrogens with zero attached hydrogens (tertiary/aromatic N) is 3. The van der Waals surface area contributed by atoms with Crippen LogP contribution in [-0.2, 0) is 0 Å². The normalized spacial score (nSPS) is 11.4. The van der Waals surface area contributed by atoms with E-state index in [0.717, 1.165) is 37.6 Å². The molecule has 0 bridgehead atoms. The summed E-state index contributed by atoms with van der Waals surface area (Å²) in [5.74, 6) is 0.622. The highest BCUT2D eigenvalue weighted by molar-refractivity contribution is 7.22. The maximum atomic E-state index is 13.4. The van der Waals surface area contributed by atoms with E-state index in [0.29, 0.717) is 5.15 Å². The molecule has 0 N–H and O–H groups in total. The van der Waals surface area contributed by atoms with E-state index in [1.807, 2.05) is 26.0 Å². The van der Waals surface area contributed by atoms with Gasteiger partial charge in [-0.05, 0) is 35.4 Å². The number of halogens is 2. The fourth-order valence-electron chi connectivity index (χ4n) is 2.83. The van der Waals surface area contributed by atoms with Crippen molar-refractivity contribution in [2.45, 2.75) is 19.8 Å². The SMILES string of the molecule is CC(C)c1nc(Cl)c2c(-c3ccc(F)cc3)c(-c3ccncc3)sc2n1. The molecule has 130 valence electrons. The summed E-state index contributed by atoms with van der Waals surface area (Å²) in [6.07, 6.45) is 3.50. The first-order chi connectivity index (χ1) is 12.5. The van der Waals surface area contributed by atoms with E-state index in [9.17, 15) is 4.39 Å². The average Bonchev–Trinajstić information content (AvgIpc) is 3.03. The van der Waals surface area contributed by atoms with Crippen molar-refractivity contribution < 1.29 is 4.39 Å². The minimum absolute atomic E-state index is 0.178. The molecule has 0 saturated heterocycles. The molecule has 4 rings (SSSR count). The standard InChI is InChI=1S/C20H15ClFN3S/c1-11(2)19-24-18(21)16-15(12-3-5-14(22)6-4-12)17(26-20(16)25-19)13-7-9-23-10-8-13/h3-11H,1-2H3. The van der Waals surface area contributed by atoms with Crippen LogP contribution in [0, 0.1) is 5.82 Å². The van der Waals surface area contributed by atoms with Crippen LogP contribution in [0.2, 0.25) is 5.15 Å². The lowest BCUT2D eigenvalue weighted by Gasteiger charge is -2.07. The molecule has 0 aliphatic rings. The van der Waals surface area contributed by atoms with Crippen molar-refractivity contribution in [1.82, 2.24) is 15.0 Å². The van der Waals surface area contributed by atoms with E-state index in [4.69, 9.17) is 16.6 Å². The zero-order chi connectivity index (χ0) is 18.3. The summed E-state index contributed by atoms with van der Waals surface area (Å²) >= 11 is 8.13. The third-order valence-corrected chi connectivity index (χ3v) is 5.52. The zero-order valence-electron chi connectivity index (χ0n) is 14.2. The highest BCUT2D eigenvalue weighted by atomic mass is 35.5. The summed E-state index contributed by atoms with van der Waals surface area (Å²) < 4.78 is 13.4. The number of thiophene rings is 1. The molecule has 0 radical (unpaired) electrons. The van der Waals surface area contributed by atoms with Gasteiger partial charge < -0.3 is 0 Å². The second-order valence-electron chi connectivity index (χ2n) is 6.26. The van der Waals surface area contributed by atoms with Gasteiger partial charge in [-0.2, -0.15) is 0 Å². The summed E-state index contributed by atoms with van der Waals surface area (Å²) in [6.45, 7) is 4.07. The Balaban J connectivity index is 2.07. The summed E-state index contributed by atoms with van der Waals surface area (Å²) in [5, 5.41) is 1.23. The summed E-state index contributed by atoms with van der Waals surface area (Å²) in [6, 6.07) is 10.3. The smallest absolute Gasteiger partial charge is 0.142 e. The topological polar surface area (TPSA) is 38.7 Å². The van der Waals surface area contributed by atoms with E-state index in [1.54, 1.807) is 35.9 Å². The molecule has 3 heterocycles. The van der Waals surface area contributed by atoms with Gasteiger partial charge in [0.1, 0.15) is 21.6 Å². The van der Waals surface area contributed by atoms with Crippen molar-refractivity contribution in [3.63, 3.8) is 0 Å². The lowest BCUT2D eigenvalue weighted by Crippen LogP contribution is -1.97. The Kier molecular flexibility index (Phi) is 4.42. The van der Waals surface area contributed by atoms with Crippen LogP contribution in [0.4, 0.5) is 4.39 Å². The Morgan fingerprint density at radius 2 is 1.65 bits per heavy atom. The molecular weight excluding hydrogens is 369 g/mol. The average molecular weight is 384 g/mol. The minimum Gasteiger partial charge on any atom is -0.265 e. The molecule has 6 heteroatoms. The second kappa shape index (κ2) is 6.74. The molecule has 4 aromatic rings. The van der Waals surface area contributed by atoms with Gasteiger partial charge in [-0.25, -0.2) is 14.4 Å². The van der Waals surface area contributed by atoms with Gasteiger partial charge in [-0.1, -0.05) is 37.6 Å². The maximum absolute atomic E-state index is 13.4. The van der Waals surface area contributed by atoms with E-state index in [1.165, 1.54) is 12.1 Å². The van der Waals surface area contributed by atoms with Crippen LogP contribution < -0.4 is 0 Å². The largest absolute Gasteiger partial charge is 0.265 e. The highest BCUT2D eigenvalue weighted by Gasteiger charge is 2.21. The van der Waals surface area contributed by atoms with Gasteiger partial charge in [0.2, 0.25) is 0 Å². The van der Waals surface area contributed by atoms with Gasteiger partial charge in [0.05, 0.1) is 5.39 Å². The van der Waals surface area contributed by atoms with Crippen LogP contribution in [0.1, 0.15) is 25.6 Å². The van der Waals surface area contributed by atoms with Crippen LogP contribution in [0.25, 0.3) is 31.8 Å². The molecule has 0 aliphatic heterocycles. The van der Waals surface area contributed by atoms with Gasteiger partial charge in [0, 0.05) is 28.8 Å². The zero-order valence-corrected chi connectivity index (χ0v) is 15.8. The molecule has 3 aromatic heterocycles. The maximum Gasteiger partial charge on any atom is 0.142 e. The molecular formula is C20H15ClFN3S. The van der Waals surface area contributed by atoms with Gasteiger partial charge in [0.25, 0.3) is 0 Å². The third kappa shape index (κ3) is 2.97. The van der Waals surface area contributed by atoms with Crippen molar-refractivity contribution in [2.24, 2.45) is 0 Å². The molecule has 0 aliphatic carbocycles. The monoisotopic (exact) mass is 383 g/mol. The number of hydrogen-bond acceptors (Lipinski definition) is 4. The molecule has 26 heavy (non-hydrogen) atoms. The van der Waals surface area contributed by atoms with E-state index >= 15 is 0 Å². The van der Waals surface area contributed by atoms with Crippen molar-refractivity contribution in [3.8, 4) is 21.6 Å². The van der Waals surface area contributed by atoms with Crippen molar-refractivity contribution in [3.05, 3.63) is 65.6 Å². The number of rotatable bonds is 3. The van der Waals surface area contributed by atoms with Gasteiger partial charge in [-0.15, -0.1) is 11.3 Å². The first-order valence-corrected chi connectivity index (χ1v) is 9.40. The van der Waals surface area contributed by atoms with Crippen LogP contribution in [-0.4, -0.2) is 15.0 Å². The third-order valence-electron chi connectivity index (χ3n) is 4.12. The lowest BCUT2D eigenvalue weighted by atomic mass is 10.0. The Hall–Kier alpha value is -2.37. The molecule has 1 aromatic carbocycles. The predicted molar refractivity (Wildman–Crippen MR) is 105 cm³/mol. The highest BCUT2D eigenvalue weighted by Crippen LogP contribution is 2.46. The molecule has 0 amide bonds. The number of pyridine rings is 1. The Labute approximate surface area is 159 Å². The predicted octanol–water partition coefficient (Wildman–Crippen LogP) is 6.34. The van der Waals surface area contributed by atoms with Gasteiger partial charge in [0.15, 0.2) is 0 Å². The minimum atomic E-state index is -0.275. The molecule has 0 fully saturated rings. The Morgan fingerprint density at radius 1 is 0.962 bits per heavy atom. The van der Waals surface area contributed by atoms with Gasteiger partial charge >= 0.3 is 0 Å². The first kappa shape index (κ1) is 17.1. The Morgan fingerprint density at radius 3 is 2.31 bits per heavy atom. The molecule has 0 saturated carbocycles. The van der Waals surface area contributed by atoms with Gasteiger partial charge in [-0.3, -0.25) is 4.98 Å². The number of benzene rings is 1. The van der Waals surface area contributed by atoms with Crippen molar-refractivity contribution >= 4 is 33.2 Å². The quantitative estimate of drug-likeness (QED) is 0.387. The van der Waals surface area contributed by atoms with E-state index in [-0.39, 0.29) is 11.7 Å². The van der Waals surface area contributed by atoms with Crippen LogP contribution in [0.3, 0.4) is 0 Å². The van der Waals surface area contributed by atoms with Crippen LogP contribution >= 0.6 is 22.9 Å². The molecule has 3 nitrogen and oxygen atoms in total. The van der Waals surface area contributed by atoms with Crippen molar-refractivity contribution in [1.29, 1.82) is 0 Å². The summed E-state index contributed by atoms with van der Waals surface area (Å²) in [5.41, 5.74) is 2.83. The summed E-state index contributed by atoms with van der Waals surface area (Å²) in [7, 11) is 0. The molecule has 0 spiro atoms. The lowest BCUT2D eigenvalue weighted by molar-refractivity contribution is 0.628. The van der Waals surface area contributed by atoms with Crippen LogP contribution in [0.15, 0.2) is 48.8 Å². The van der Waals surface area contributed by atoms with Crippen molar-refractivity contribution in [2.75, 3.05) is 0 Å². The first-order valence-electron chi connectivity index (χ1n) is 8.21. The number of aromatic nitrogens is 3. The summed E-state index contributed by atoms with van der Waals surface area (Å²) in [4.78, 5) is 15.2. The molecule has 0 unspecified atom stereocenters. The Bertz CT molecular complexity index is 1080. The fraction of sp³-hybridized carbons (Fsp3) is 0.150. The second-order valence-corrected chi connectivity index (χ2v) is 7.61. The molecule has 0 atom stereocenters. The van der Waals surface area contributed by atoms with Crippen LogP contribution in [0.5, 0.6) is 0 Å². The number of hydrogen-bond donors (Lipinski definition) is 0.